The van der Waals surface area contributed by atoms with E-state index in [0.717, 1.165) is 12.0 Å². The molecule has 1 amide bonds. The fourth-order valence-electron chi connectivity index (χ4n) is 4.31. The molecule has 1 unspecified atom stereocenters. The van der Waals surface area contributed by atoms with Crippen molar-refractivity contribution in [2.45, 2.75) is 39.7 Å². The highest BCUT2D eigenvalue weighted by molar-refractivity contribution is 5.98. The lowest BCUT2D eigenvalue weighted by Crippen LogP contribution is -2.42. The molecule has 1 aromatic carbocycles. The number of aromatic nitrogens is 3. The first-order valence-corrected chi connectivity index (χ1v) is 11.0. The molecule has 1 aliphatic rings. The maximum atomic E-state index is 14.4. The molecule has 0 bridgehead atoms. The van der Waals surface area contributed by atoms with E-state index in [4.69, 9.17) is 10.5 Å². The highest BCUT2D eigenvalue weighted by atomic mass is 19.1. The first kappa shape index (κ1) is 22.6. The van der Waals surface area contributed by atoms with Gasteiger partial charge in [-0.3, -0.25) is 4.79 Å². The van der Waals surface area contributed by atoms with E-state index in [1.165, 1.54) is 19.2 Å². The molecule has 172 valence electrons. The number of pyridine rings is 1. The van der Waals surface area contributed by atoms with E-state index in [-0.39, 0.29) is 23.7 Å². The number of hydrogen-bond acceptors (Lipinski definition) is 6. The Morgan fingerprint density at radius 2 is 2.00 bits per heavy atom. The average molecular weight is 450 g/mol. The second-order valence-electron chi connectivity index (χ2n) is 8.69. The van der Waals surface area contributed by atoms with Crippen LogP contribution in [0.5, 0.6) is 5.88 Å². The van der Waals surface area contributed by atoms with Gasteiger partial charge in [0.1, 0.15) is 5.82 Å². The summed E-state index contributed by atoms with van der Waals surface area (Å²) < 4.78 is 19.6. The summed E-state index contributed by atoms with van der Waals surface area (Å²) in [5.74, 6) is 0.476. The number of nitrogens with two attached hydrogens (primary N) is 1. The molecule has 0 spiro atoms. The monoisotopic (exact) mass is 449 g/mol. The third kappa shape index (κ3) is 4.51. The van der Waals surface area contributed by atoms with E-state index in [9.17, 15) is 9.18 Å². The Labute approximate surface area is 192 Å². The summed E-state index contributed by atoms with van der Waals surface area (Å²) in [6.07, 6.45) is 1.29. The van der Waals surface area contributed by atoms with Crippen molar-refractivity contribution in [2.75, 3.05) is 19.4 Å². The Morgan fingerprint density at radius 3 is 2.73 bits per heavy atom. The fourth-order valence-corrected chi connectivity index (χ4v) is 4.31. The molecular weight excluding hydrogens is 421 g/mol. The Balaban J connectivity index is 1.87. The lowest BCUT2D eigenvalue weighted by Gasteiger charge is -2.38. The number of nitrogens with zero attached hydrogens (tertiary/aromatic N) is 4. The summed E-state index contributed by atoms with van der Waals surface area (Å²) in [6, 6.07) is 9.61. The molecule has 1 atom stereocenters. The van der Waals surface area contributed by atoms with Crippen molar-refractivity contribution in [3.8, 4) is 17.1 Å². The van der Waals surface area contributed by atoms with Crippen molar-refractivity contribution in [2.24, 2.45) is 5.92 Å². The number of methoxy groups -OCH3 is 1. The molecule has 3 heterocycles. The van der Waals surface area contributed by atoms with Crippen LogP contribution in [0.25, 0.3) is 11.3 Å². The molecule has 0 aliphatic carbocycles. The minimum atomic E-state index is -0.378. The predicted molar refractivity (Wildman–Crippen MR) is 124 cm³/mol. The van der Waals surface area contributed by atoms with Gasteiger partial charge in [-0.2, -0.15) is 0 Å². The number of carbonyl (C=O) groups is 1. The van der Waals surface area contributed by atoms with Gasteiger partial charge in [0.05, 0.1) is 35.8 Å². The van der Waals surface area contributed by atoms with E-state index in [1.807, 2.05) is 17.0 Å². The number of benzene rings is 1. The summed E-state index contributed by atoms with van der Waals surface area (Å²) in [4.78, 5) is 28.6. The van der Waals surface area contributed by atoms with Crippen molar-refractivity contribution in [1.82, 2.24) is 19.9 Å². The normalized spacial score (nSPS) is 15.6. The molecule has 2 aromatic heterocycles. The smallest absolute Gasteiger partial charge is 0.258 e. The maximum Gasteiger partial charge on any atom is 0.258 e. The third-order valence-corrected chi connectivity index (χ3v) is 5.95. The molecule has 0 saturated heterocycles. The van der Waals surface area contributed by atoms with Gasteiger partial charge in [-0.1, -0.05) is 26.0 Å². The van der Waals surface area contributed by atoms with Crippen molar-refractivity contribution >= 4 is 11.9 Å². The standard InChI is InChI=1S/C25H28FN5O2/c1-14(2)10-11-31-21(13-20-23(24(31)32)15(3)28-25(27)30-20)17-9-8-16(26)12-18(17)19-6-5-7-22(29-19)33-4/h5-9,12,14,21H,10-11,13H2,1-4H3,(H2,27,28,30). The van der Waals surface area contributed by atoms with Crippen LogP contribution >= 0.6 is 0 Å². The molecule has 4 rings (SSSR count). The zero-order chi connectivity index (χ0) is 23.7. The molecular formula is C25H28FN5O2. The minimum absolute atomic E-state index is 0.131. The fraction of sp³-hybridized carbons (Fsp3) is 0.360. The van der Waals surface area contributed by atoms with Gasteiger partial charge >= 0.3 is 0 Å². The summed E-state index contributed by atoms with van der Waals surface area (Å²) in [7, 11) is 1.54. The zero-order valence-electron chi connectivity index (χ0n) is 19.3. The quantitative estimate of drug-likeness (QED) is 0.601. The summed E-state index contributed by atoms with van der Waals surface area (Å²) >= 11 is 0. The largest absolute Gasteiger partial charge is 0.481 e. The second kappa shape index (κ2) is 9.13. The van der Waals surface area contributed by atoms with Crippen LogP contribution in [0.15, 0.2) is 36.4 Å². The van der Waals surface area contributed by atoms with E-state index >= 15 is 0 Å². The van der Waals surface area contributed by atoms with Gasteiger partial charge in [-0.15, -0.1) is 0 Å². The van der Waals surface area contributed by atoms with E-state index in [0.29, 0.717) is 53.0 Å². The minimum Gasteiger partial charge on any atom is -0.481 e. The molecule has 3 aromatic rings. The number of anilines is 1. The Hall–Kier alpha value is -3.55. The SMILES string of the molecule is COc1cccc(-c2cc(F)ccc2C2Cc3nc(N)nc(C)c3C(=O)N2CCC(C)C)n1. The van der Waals surface area contributed by atoms with Crippen LogP contribution in [0, 0.1) is 18.7 Å². The molecule has 8 heteroatoms. The summed E-state index contributed by atoms with van der Waals surface area (Å²) in [6.45, 7) is 6.58. The van der Waals surface area contributed by atoms with Gasteiger partial charge in [0.2, 0.25) is 11.8 Å². The Morgan fingerprint density at radius 1 is 1.21 bits per heavy atom. The topological polar surface area (TPSA) is 94.2 Å². The summed E-state index contributed by atoms with van der Waals surface area (Å²) in [5, 5.41) is 0. The number of nitrogen functional groups attached to an aromatic ring is 1. The number of hydrogen-bond donors (Lipinski definition) is 1. The van der Waals surface area contributed by atoms with Gasteiger partial charge in [0.25, 0.3) is 5.91 Å². The number of ether oxygens (including phenoxy) is 1. The number of carbonyl (C=O) groups excluding carboxylic acids is 1. The van der Waals surface area contributed by atoms with Gasteiger partial charge < -0.3 is 15.4 Å². The molecule has 1 aliphatic heterocycles. The maximum absolute atomic E-state index is 14.4. The van der Waals surface area contributed by atoms with Crippen LogP contribution in [0.1, 0.15) is 53.6 Å². The Bertz CT molecular complexity index is 1200. The van der Waals surface area contributed by atoms with Gasteiger partial charge in [-0.05, 0) is 43.0 Å². The van der Waals surface area contributed by atoms with Gasteiger partial charge in [-0.25, -0.2) is 19.3 Å². The van der Waals surface area contributed by atoms with Gasteiger partial charge in [0, 0.05) is 24.6 Å². The lowest BCUT2D eigenvalue weighted by molar-refractivity contribution is 0.0633. The van der Waals surface area contributed by atoms with E-state index in [1.54, 1.807) is 19.1 Å². The predicted octanol–water partition coefficient (Wildman–Crippen LogP) is 4.36. The Kier molecular flexibility index (Phi) is 6.26. The van der Waals surface area contributed by atoms with E-state index in [2.05, 4.69) is 28.8 Å². The number of halogens is 1. The first-order valence-electron chi connectivity index (χ1n) is 11.0. The molecule has 0 radical (unpaired) electrons. The van der Waals surface area contributed by atoms with Crippen LogP contribution < -0.4 is 10.5 Å². The summed E-state index contributed by atoms with van der Waals surface area (Å²) in [5.41, 5.74) is 9.58. The van der Waals surface area contributed by atoms with Crippen LogP contribution in [-0.4, -0.2) is 39.4 Å². The van der Waals surface area contributed by atoms with Crippen LogP contribution in [-0.2, 0) is 6.42 Å². The van der Waals surface area contributed by atoms with Gasteiger partial charge in [0.15, 0.2) is 0 Å². The second-order valence-corrected chi connectivity index (χ2v) is 8.69. The van der Waals surface area contributed by atoms with E-state index < -0.39 is 0 Å². The molecule has 0 saturated carbocycles. The van der Waals surface area contributed by atoms with Crippen LogP contribution in [0.3, 0.4) is 0 Å². The average Bonchev–Trinajstić information content (AvgIpc) is 2.77. The zero-order valence-corrected chi connectivity index (χ0v) is 19.3. The molecule has 0 fully saturated rings. The number of rotatable bonds is 6. The number of aryl methyl sites for hydroxylation is 1. The lowest BCUT2D eigenvalue weighted by atomic mass is 9.88. The third-order valence-electron chi connectivity index (χ3n) is 5.95. The molecule has 2 N–H and O–H groups in total. The van der Waals surface area contributed by atoms with Crippen molar-refractivity contribution in [1.29, 1.82) is 0 Å². The van der Waals surface area contributed by atoms with Crippen LogP contribution in [0.2, 0.25) is 0 Å². The van der Waals surface area contributed by atoms with Crippen molar-refractivity contribution < 1.29 is 13.9 Å². The van der Waals surface area contributed by atoms with Crippen molar-refractivity contribution in [3.63, 3.8) is 0 Å². The first-order chi connectivity index (χ1) is 15.8. The molecule has 33 heavy (non-hydrogen) atoms. The highest BCUT2D eigenvalue weighted by Crippen LogP contribution is 2.39. The highest BCUT2D eigenvalue weighted by Gasteiger charge is 2.37. The molecule has 7 nitrogen and oxygen atoms in total. The number of amides is 1. The number of fused-ring (bicyclic) bond motifs is 1. The van der Waals surface area contributed by atoms with Crippen molar-refractivity contribution in [3.05, 3.63) is 64.7 Å². The van der Waals surface area contributed by atoms with Crippen LogP contribution in [0.4, 0.5) is 10.3 Å².